The van der Waals surface area contributed by atoms with Gasteiger partial charge in [0.2, 0.25) is 0 Å². The van der Waals surface area contributed by atoms with E-state index in [-0.39, 0.29) is 10.8 Å². The van der Waals surface area contributed by atoms with Crippen molar-refractivity contribution < 1.29 is 4.79 Å². The summed E-state index contributed by atoms with van der Waals surface area (Å²) in [6.07, 6.45) is 1.05. The Bertz CT molecular complexity index is 1270. The molecule has 4 aromatic carbocycles. The Morgan fingerprint density at radius 2 is 1.04 bits per heavy atom. The van der Waals surface area contributed by atoms with Crippen molar-refractivity contribution in [1.29, 1.82) is 0 Å². The third kappa shape index (κ3) is 1.55. The highest BCUT2D eigenvalue weighted by Gasteiger charge is 2.42. The van der Waals surface area contributed by atoms with Crippen molar-refractivity contribution in [2.24, 2.45) is 0 Å². The maximum atomic E-state index is 12.3. The van der Waals surface area contributed by atoms with Gasteiger partial charge in [-0.25, -0.2) is 0 Å². The van der Waals surface area contributed by atoms with Gasteiger partial charge in [-0.15, -0.1) is 0 Å². The van der Waals surface area contributed by atoms with E-state index in [0.29, 0.717) is 0 Å². The molecular weight excluding hydrogens is 340 g/mol. The Morgan fingerprint density at radius 1 is 0.607 bits per heavy atom. The average molecular weight is 362 g/mol. The molecule has 1 heteroatoms. The van der Waals surface area contributed by atoms with Crippen molar-refractivity contribution in [2.75, 3.05) is 0 Å². The summed E-state index contributed by atoms with van der Waals surface area (Å²) in [5, 5.41) is 4.70. The summed E-state index contributed by atoms with van der Waals surface area (Å²) in [4.78, 5) is 12.3. The van der Waals surface area contributed by atoms with Crippen LogP contribution in [-0.4, -0.2) is 6.29 Å². The second-order valence-electron chi connectivity index (χ2n) is 9.34. The number of benzene rings is 4. The Morgan fingerprint density at radius 3 is 1.50 bits per heavy atom. The number of hydrogen-bond acceptors (Lipinski definition) is 1. The smallest absolute Gasteiger partial charge is 0.151 e. The average Bonchev–Trinajstić information content (AvgIpc) is 2.69. The molecule has 136 valence electrons. The SMILES string of the molecule is CC1(C)c2cccc3c2-c2c4c1cccc4c(C=O)c1cccc(c21)C3(C)C. The van der Waals surface area contributed by atoms with Gasteiger partial charge in [-0.1, -0.05) is 82.3 Å². The Kier molecular flexibility index (Phi) is 2.71. The second kappa shape index (κ2) is 4.72. The molecule has 6 rings (SSSR count). The van der Waals surface area contributed by atoms with Crippen molar-refractivity contribution in [3.8, 4) is 11.1 Å². The summed E-state index contributed by atoms with van der Waals surface area (Å²) in [7, 11) is 0. The lowest BCUT2D eigenvalue weighted by atomic mass is 9.60. The molecule has 2 aliphatic carbocycles. The maximum Gasteiger partial charge on any atom is 0.151 e. The summed E-state index contributed by atoms with van der Waals surface area (Å²) in [6.45, 7) is 9.27. The zero-order valence-corrected chi connectivity index (χ0v) is 16.7. The quantitative estimate of drug-likeness (QED) is 0.270. The van der Waals surface area contributed by atoms with Crippen LogP contribution < -0.4 is 0 Å². The first-order valence-electron chi connectivity index (χ1n) is 10.0. The van der Waals surface area contributed by atoms with E-state index >= 15 is 0 Å². The van der Waals surface area contributed by atoms with Crippen LogP contribution in [0.3, 0.4) is 0 Å². The minimum absolute atomic E-state index is 0.103. The summed E-state index contributed by atoms with van der Waals surface area (Å²) in [6, 6.07) is 19.8. The van der Waals surface area contributed by atoms with E-state index in [1.54, 1.807) is 0 Å². The van der Waals surface area contributed by atoms with Gasteiger partial charge in [0, 0.05) is 16.4 Å². The van der Waals surface area contributed by atoms with Gasteiger partial charge in [-0.05, 0) is 54.9 Å². The molecule has 0 spiro atoms. The van der Waals surface area contributed by atoms with Crippen LogP contribution in [0, 0.1) is 0 Å². The standard InChI is InChI=1S/C27H22O/c1-26(2)18-10-5-8-15-17(14-28)16-9-6-11-19-23(16)25(22(15)18)24-20(26)12-7-13-21(24)27(19,3)4/h5-14H,1-4H3. The first-order chi connectivity index (χ1) is 13.4. The van der Waals surface area contributed by atoms with Crippen molar-refractivity contribution >= 4 is 27.8 Å². The molecular formula is C27H22O. The van der Waals surface area contributed by atoms with E-state index in [4.69, 9.17) is 0 Å². The Labute approximate surface area is 165 Å². The van der Waals surface area contributed by atoms with Gasteiger partial charge in [-0.2, -0.15) is 0 Å². The molecule has 2 aliphatic rings. The lowest BCUT2D eigenvalue weighted by Crippen LogP contribution is -2.30. The van der Waals surface area contributed by atoms with Crippen molar-refractivity contribution in [1.82, 2.24) is 0 Å². The number of carbonyl (C=O) groups excluding carboxylic acids is 1. The Hall–Kier alpha value is -2.93. The van der Waals surface area contributed by atoms with E-state index in [9.17, 15) is 4.79 Å². The molecule has 0 N–H and O–H groups in total. The summed E-state index contributed by atoms with van der Waals surface area (Å²) in [5.41, 5.74) is 8.79. The predicted octanol–water partition coefficient (Wildman–Crippen LogP) is 6.75. The van der Waals surface area contributed by atoms with E-state index < -0.39 is 0 Å². The van der Waals surface area contributed by atoms with Gasteiger partial charge < -0.3 is 0 Å². The minimum atomic E-state index is -0.103. The molecule has 0 saturated heterocycles. The van der Waals surface area contributed by atoms with Crippen molar-refractivity contribution in [3.05, 3.63) is 82.4 Å². The predicted molar refractivity (Wildman–Crippen MR) is 117 cm³/mol. The van der Waals surface area contributed by atoms with Gasteiger partial charge in [0.25, 0.3) is 0 Å². The van der Waals surface area contributed by atoms with Gasteiger partial charge in [0.05, 0.1) is 0 Å². The van der Waals surface area contributed by atoms with E-state index in [2.05, 4.69) is 82.3 Å². The van der Waals surface area contributed by atoms with E-state index in [0.717, 1.165) is 22.6 Å². The van der Waals surface area contributed by atoms with Crippen LogP contribution in [0.5, 0.6) is 0 Å². The van der Waals surface area contributed by atoms with Crippen LogP contribution in [0.2, 0.25) is 0 Å². The molecule has 0 radical (unpaired) electrons. The minimum Gasteiger partial charge on any atom is -0.298 e. The topological polar surface area (TPSA) is 17.1 Å². The summed E-state index contributed by atoms with van der Waals surface area (Å²) >= 11 is 0. The highest BCUT2D eigenvalue weighted by molar-refractivity contribution is 6.25. The van der Waals surface area contributed by atoms with Crippen molar-refractivity contribution in [2.45, 2.75) is 38.5 Å². The van der Waals surface area contributed by atoms with Crippen molar-refractivity contribution in [3.63, 3.8) is 0 Å². The first kappa shape index (κ1) is 16.1. The molecule has 4 aromatic rings. The fraction of sp³-hybridized carbons (Fsp3) is 0.222. The van der Waals surface area contributed by atoms with E-state index in [1.165, 1.54) is 44.2 Å². The van der Waals surface area contributed by atoms with Crippen LogP contribution in [0.1, 0.15) is 60.3 Å². The largest absolute Gasteiger partial charge is 0.298 e. The number of carbonyl (C=O) groups is 1. The fourth-order valence-electron chi connectivity index (χ4n) is 5.93. The fourth-order valence-corrected chi connectivity index (χ4v) is 5.93. The molecule has 0 fully saturated rings. The van der Waals surface area contributed by atoms with Gasteiger partial charge in [-0.3, -0.25) is 4.79 Å². The molecule has 0 aromatic heterocycles. The zero-order chi connectivity index (χ0) is 19.4. The summed E-state index contributed by atoms with van der Waals surface area (Å²) in [5.74, 6) is 0. The molecule has 0 bridgehead atoms. The van der Waals surface area contributed by atoms with Crippen LogP contribution in [0.4, 0.5) is 0 Å². The normalized spacial score (nSPS) is 17.3. The third-order valence-corrected chi connectivity index (χ3v) is 7.33. The number of aldehydes is 1. The van der Waals surface area contributed by atoms with Crippen LogP contribution in [0.15, 0.2) is 54.6 Å². The monoisotopic (exact) mass is 362 g/mol. The van der Waals surface area contributed by atoms with Gasteiger partial charge in [0.15, 0.2) is 6.29 Å². The first-order valence-corrected chi connectivity index (χ1v) is 10.0. The van der Waals surface area contributed by atoms with Gasteiger partial charge in [0.1, 0.15) is 0 Å². The molecule has 0 unspecified atom stereocenters. The lowest BCUT2D eigenvalue weighted by Gasteiger charge is -2.43. The van der Waals surface area contributed by atoms with Gasteiger partial charge >= 0.3 is 0 Å². The second-order valence-corrected chi connectivity index (χ2v) is 9.34. The maximum absolute atomic E-state index is 12.3. The molecule has 28 heavy (non-hydrogen) atoms. The Balaban J connectivity index is 2.07. The molecule has 0 aliphatic heterocycles. The molecule has 1 nitrogen and oxygen atoms in total. The lowest BCUT2D eigenvalue weighted by molar-refractivity contribution is 0.112. The molecule has 0 heterocycles. The van der Waals surface area contributed by atoms with E-state index in [1.807, 2.05) is 0 Å². The van der Waals surface area contributed by atoms with Crippen LogP contribution in [0.25, 0.3) is 32.7 Å². The molecule has 0 amide bonds. The van der Waals surface area contributed by atoms with Crippen LogP contribution >= 0.6 is 0 Å². The molecule has 0 saturated carbocycles. The zero-order valence-electron chi connectivity index (χ0n) is 16.7. The molecule has 0 atom stereocenters. The highest BCUT2D eigenvalue weighted by Crippen LogP contribution is 2.58. The summed E-state index contributed by atoms with van der Waals surface area (Å²) < 4.78 is 0. The van der Waals surface area contributed by atoms with Crippen LogP contribution in [-0.2, 0) is 10.8 Å². The number of hydrogen-bond donors (Lipinski definition) is 0. The number of rotatable bonds is 1. The highest BCUT2D eigenvalue weighted by atomic mass is 16.1. The third-order valence-electron chi connectivity index (χ3n) is 7.33.